The number of nitrogens with one attached hydrogen (secondary N) is 1. The SMILES string of the molecule is Cc1ccc(C(C)C)c(OCCn2c(CCCCCNC(=O)c3ccccc3)nc3ccccc32)c1. The van der Waals surface area contributed by atoms with Gasteiger partial charge >= 0.3 is 0 Å². The van der Waals surface area contributed by atoms with Gasteiger partial charge in [0.2, 0.25) is 0 Å². The Labute approximate surface area is 214 Å². The van der Waals surface area contributed by atoms with E-state index >= 15 is 0 Å². The third-order valence-corrected chi connectivity index (χ3v) is 6.50. The van der Waals surface area contributed by atoms with Gasteiger partial charge in [-0.05, 0) is 67.1 Å². The molecule has 0 saturated heterocycles. The number of carbonyl (C=O) groups excluding carboxylic acids is 1. The third-order valence-electron chi connectivity index (χ3n) is 6.50. The molecule has 0 aliphatic rings. The molecule has 36 heavy (non-hydrogen) atoms. The van der Waals surface area contributed by atoms with Crippen molar-refractivity contribution < 1.29 is 9.53 Å². The Morgan fingerprint density at radius 3 is 2.56 bits per heavy atom. The van der Waals surface area contributed by atoms with E-state index in [2.05, 4.69) is 67.1 Å². The maximum atomic E-state index is 12.2. The summed E-state index contributed by atoms with van der Waals surface area (Å²) in [6.07, 6.45) is 3.92. The van der Waals surface area contributed by atoms with Crippen LogP contribution < -0.4 is 10.1 Å². The van der Waals surface area contributed by atoms with Gasteiger partial charge in [-0.1, -0.05) is 62.7 Å². The largest absolute Gasteiger partial charge is 0.491 e. The number of unbranched alkanes of at least 4 members (excludes halogenated alkanes) is 2. The quantitative estimate of drug-likeness (QED) is 0.228. The van der Waals surface area contributed by atoms with Gasteiger partial charge in [-0.3, -0.25) is 4.79 Å². The number of nitrogens with zero attached hydrogens (tertiary/aromatic N) is 2. The first-order chi connectivity index (χ1) is 17.5. The lowest BCUT2D eigenvalue weighted by Gasteiger charge is -2.16. The Morgan fingerprint density at radius 2 is 1.75 bits per heavy atom. The number of aryl methyl sites for hydroxylation is 2. The van der Waals surface area contributed by atoms with Gasteiger partial charge in [0.05, 0.1) is 17.6 Å². The summed E-state index contributed by atoms with van der Waals surface area (Å²) in [6.45, 7) is 8.55. The number of fused-ring (bicyclic) bond motifs is 1. The van der Waals surface area contributed by atoms with Gasteiger partial charge in [-0.25, -0.2) is 4.98 Å². The molecule has 4 aromatic rings. The van der Waals surface area contributed by atoms with Crippen LogP contribution in [0.3, 0.4) is 0 Å². The molecule has 3 aromatic carbocycles. The number of aromatic nitrogens is 2. The zero-order valence-corrected chi connectivity index (χ0v) is 21.7. The number of rotatable bonds is 12. The van der Waals surface area contributed by atoms with E-state index < -0.39 is 0 Å². The van der Waals surface area contributed by atoms with Crippen LogP contribution >= 0.6 is 0 Å². The molecule has 0 aliphatic heterocycles. The second-order valence-electron chi connectivity index (χ2n) is 9.65. The number of benzene rings is 3. The van der Waals surface area contributed by atoms with Gasteiger partial charge in [0.25, 0.3) is 5.91 Å². The van der Waals surface area contributed by atoms with E-state index in [1.807, 2.05) is 36.4 Å². The van der Waals surface area contributed by atoms with Gasteiger partial charge in [0, 0.05) is 18.5 Å². The Hall–Kier alpha value is -3.60. The van der Waals surface area contributed by atoms with Gasteiger partial charge in [-0.2, -0.15) is 0 Å². The molecular weight excluding hydrogens is 446 g/mol. The van der Waals surface area contributed by atoms with E-state index in [1.54, 1.807) is 0 Å². The van der Waals surface area contributed by atoms with Crippen LogP contribution in [0, 0.1) is 6.92 Å². The van der Waals surface area contributed by atoms with Crippen LogP contribution in [-0.2, 0) is 13.0 Å². The van der Waals surface area contributed by atoms with Crippen LogP contribution in [0.15, 0.2) is 72.8 Å². The maximum absolute atomic E-state index is 12.2. The van der Waals surface area contributed by atoms with E-state index in [4.69, 9.17) is 9.72 Å². The van der Waals surface area contributed by atoms with Crippen molar-refractivity contribution in [3.63, 3.8) is 0 Å². The topological polar surface area (TPSA) is 56.1 Å². The zero-order chi connectivity index (χ0) is 25.3. The number of amides is 1. The molecule has 188 valence electrons. The van der Waals surface area contributed by atoms with E-state index in [-0.39, 0.29) is 5.91 Å². The van der Waals surface area contributed by atoms with Crippen LogP contribution in [0.2, 0.25) is 0 Å². The van der Waals surface area contributed by atoms with Gasteiger partial charge in [0.15, 0.2) is 0 Å². The summed E-state index contributed by atoms with van der Waals surface area (Å²) in [5.74, 6) is 2.49. The fourth-order valence-electron chi connectivity index (χ4n) is 4.53. The number of imidazole rings is 1. The molecule has 1 aromatic heterocycles. The van der Waals surface area contributed by atoms with Crippen molar-refractivity contribution in [1.82, 2.24) is 14.9 Å². The standard InChI is InChI=1S/C31H37N3O2/c1-23(2)26-18-17-24(3)22-29(26)36-21-20-34-28-15-10-9-14-27(28)33-30(34)16-8-5-11-19-32-31(35)25-12-6-4-7-13-25/h4,6-7,9-10,12-15,17-18,22-23H,5,8,11,16,19-21H2,1-3H3,(H,32,35). The Kier molecular flexibility index (Phi) is 8.77. The highest BCUT2D eigenvalue weighted by atomic mass is 16.5. The Morgan fingerprint density at radius 1 is 0.972 bits per heavy atom. The molecule has 1 amide bonds. The van der Waals surface area contributed by atoms with E-state index in [9.17, 15) is 4.79 Å². The van der Waals surface area contributed by atoms with Crippen molar-refractivity contribution in [3.8, 4) is 5.75 Å². The van der Waals surface area contributed by atoms with Crippen LogP contribution in [0.4, 0.5) is 0 Å². The summed E-state index contributed by atoms with van der Waals surface area (Å²) in [5, 5.41) is 3.01. The minimum atomic E-state index is -0.00775. The average Bonchev–Trinajstić information content (AvgIpc) is 3.23. The fourth-order valence-corrected chi connectivity index (χ4v) is 4.53. The number of ether oxygens (including phenoxy) is 1. The normalized spacial score (nSPS) is 11.2. The average molecular weight is 484 g/mol. The maximum Gasteiger partial charge on any atom is 0.251 e. The molecule has 0 spiro atoms. The fraction of sp³-hybridized carbons (Fsp3) is 0.355. The summed E-state index contributed by atoms with van der Waals surface area (Å²) in [4.78, 5) is 17.1. The third kappa shape index (κ3) is 6.54. The smallest absolute Gasteiger partial charge is 0.251 e. The zero-order valence-electron chi connectivity index (χ0n) is 21.7. The van der Waals surface area contributed by atoms with Crippen LogP contribution in [-0.4, -0.2) is 28.6 Å². The number of hydrogen-bond donors (Lipinski definition) is 1. The molecule has 0 saturated carbocycles. The van der Waals surface area contributed by atoms with Crippen LogP contribution in [0.25, 0.3) is 11.0 Å². The monoisotopic (exact) mass is 483 g/mol. The lowest BCUT2D eigenvalue weighted by Crippen LogP contribution is -2.24. The van der Waals surface area contributed by atoms with Gasteiger partial charge < -0.3 is 14.6 Å². The molecule has 4 rings (SSSR count). The predicted octanol–water partition coefficient (Wildman–Crippen LogP) is 6.69. The van der Waals surface area contributed by atoms with Crippen molar-refractivity contribution >= 4 is 16.9 Å². The lowest BCUT2D eigenvalue weighted by molar-refractivity contribution is 0.0953. The molecule has 5 heteroatoms. The summed E-state index contributed by atoms with van der Waals surface area (Å²) >= 11 is 0. The van der Waals surface area contributed by atoms with Gasteiger partial charge in [0.1, 0.15) is 18.2 Å². The van der Waals surface area contributed by atoms with Crippen molar-refractivity contribution in [1.29, 1.82) is 0 Å². The summed E-state index contributed by atoms with van der Waals surface area (Å²) in [5.41, 5.74) is 5.35. The molecule has 1 N–H and O–H groups in total. The first kappa shape index (κ1) is 25.5. The van der Waals surface area contributed by atoms with Crippen molar-refractivity contribution in [2.45, 2.75) is 58.9 Å². The van der Waals surface area contributed by atoms with Crippen LogP contribution in [0.1, 0.15) is 66.3 Å². The first-order valence-electron chi connectivity index (χ1n) is 13.0. The van der Waals surface area contributed by atoms with Gasteiger partial charge in [-0.15, -0.1) is 0 Å². The molecule has 0 atom stereocenters. The summed E-state index contributed by atoms with van der Waals surface area (Å²) in [6, 6.07) is 24.1. The number of carbonyl (C=O) groups is 1. The second kappa shape index (κ2) is 12.4. The van der Waals surface area contributed by atoms with Crippen molar-refractivity contribution in [2.24, 2.45) is 0 Å². The highest BCUT2D eigenvalue weighted by Crippen LogP contribution is 2.27. The van der Waals surface area contributed by atoms with Crippen molar-refractivity contribution in [3.05, 3.63) is 95.3 Å². The molecule has 0 radical (unpaired) electrons. The minimum absolute atomic E-state index is 0.00775. The Balaban J connectivity index is 1.32. The number of hydrogen-bond acceptors (Lipinski definition) is 3. The Bertz CT molecular complexity index is 1280. The minimum Gasteiger partial charge on any atom is -0.491 e. The van der Waals surface area contributed by atoms with E-state index in [1.165, 1.54) is 11.1 Å². The molecule has 0 unspecified atom stereocenters. The predicted molar refractivity (Wildman–Crippen MR) is 147 cm³/mol. The van der Waals surface area contributed by atoms with Crippen LogP contribution in [0.5, 0.6) is 5.75 Å². The van der Waals surface area contributed by atoms with E-state index in [0.717, 1.165) is 54.8 Å². The second-order valence-corrected chi connectivity index (χ2v) is 9.65. The molecule has 1 heterocycles. The summed E-state index contributed by atoms with van der Waals surface area (Å²) < 4.78 is 8.59. The molecule has 0 fully saturated rings. The first-order valence-corrected chi connectivity index (χ1v) is 13.0. The highest BCUT2D eigenvalue weighted by molar-refractivity contribution is 5.94. The highest BCUT2D eigenvalue weighted by Gasteiger charge is 2.12. The lowest BCUT2D eigenvalue weighted by atomic mass is 10.0. The molecule has 0 aliphatic carbocycles. The number of para-hydroxylation sites is 2. The summed E-state index contributed by atoms with van der Waals surface area (Å²) in [7, 11) is 0. The molecular formula is C31H37N3O2. The van der Waals surface area contributed by atoms with Crippen molar-refractivity contribution in [2.75, 3.05) is 13.2 Å². The molecule has 0 bridgehead atoms. The molecule has 5 nitrogen and oxygen atoms in total. The van der Waals surface area contributed by atoms with E-state index in [0.29, 0.717) is 24.6 Å².